The van der Waals surface area contributed by atoms with Crippen LogP contribution in [0.1, 0.15) is 0 Å². The summed E-state index contributed by atoms with van der Waals surface area (Å²) in [6, 6.07) is 4.84. The summed E-state index contributed by atoms with van der Waals surface area (Å²) in [5.74, 6) is -1.09. The van der Waals surface area contributed by atoms with Crippen LogP contribution in [0, 0.1) is 0 Å². The molecule has 0 radical (unpaired) electrons. The fourth-order valence-electron chi connectivity index (χ4n) is 1.03. The van der Waals surface area contributed by atoms with Gasteiger partial charge >= 0.3 is 0 Å². The minimum absolute atomic E-state index is 0.248. The van der Waals surface area contributed by atoms with Crippen molar-refractivity contribution in [3.05, 3.63) is 28.2 Å². The van der Waals surface area contributed by atoms with Gasteiger partial charge in [0.05, 0.1) is 15.7 Å². The van der Waals surface area contributed by atoms with Gasteiger partial charge in [-0.05, 0) is 12.1 Å². The summed E-state index contributed by atoms with van der Waals surface area (Å²) in [4.78, 5) is 21.7. The molecule has 0 spiro atoms. The zero-order valence-corrected chi connectivity index (χ0v) is 10.2. The molecule has 92 valence electrons. The number of halogens is 2. The van der Waals surface area contributed by atoms with Gasteiger partial charge in [-0.3, -0.25) is 9.59 Å². The summed E-state index contributed by atoms with van der Waals surface area (Å²) in [7, 11) is 0. The summed E-state index contributed by atoms with van der Waals surface area (Å²) < 4.78 is 4.74. The Morgan fingerprint density at radius 3 is 2.65 bits per heavy atom. The molecule has 0 aromatic heterocycles. The lowest BCUT2D eigenvalue weighted by Crippen LogP contribution is -2.24. The van der Waals surface area contributed by atoms with E-state index in [9.17, 15) is 9.59 Å². The SMILES string of the molecule is NC(=O)COCC(=O)Nc1cccc(Cl)c1Cl. The molecule has 0 saturated heterocycles. The Hall–Kier alpha value is -1.30. The first kappa shape index (κ1) is 13.8. The molecule has 0 heterocycles. The molecule has 0 atom stereocenters. The highest BCUT2D eigenvalue weighted by Gasteiger charge is 2.08. The van der Waals surface area contributed by atoms with Crippen LogP contribution >= 0.6 is 23.2 Å². The van der Waals surface area contributed by atoms with E-state index in [0.29, 0.717) is 10.7 Å². The van der Waals surface area contributed by atoms with E-state index in [1.54, 1.807) is 18.2 Å². The minimum atomic E-state index is -0.640. The Balaban J connectivity index is 2.51. The minimum Gasteiger partial charge on any atom is -0.368 e. The second-order valence-corrected chi connectivity index (χ2v) is 3.89. The van der Waals surface area contributed by atoms with E-state index >= 15 is 0 Å². The van der Waals surface area contributed by atoms with Gasteiger partial charge in [-0.1, -0.05) is 29.3 Å². The zero-order chi connectivity index (χ0) is 12.8. The molecule has 0 aliphatic heterocycles. The van der Waals surface area contributed by atoms with E-state index in [4.69, 9.17) is 33.7 Å². The fourth-order valence-corrected chi connectivity index (χ4v) is 1.38. The van der Waals surface area contributed by atoms with Gasteiger partial charge in [0.1, 0.15) is 13.2 Å². The summed E-state index contributed by atoms with van der Waals surface area (Å²) in [5, 5.41) is 3.08. The van der Waals surface area contributed by atoms with Gasteiger partial charge < -0.3 is 15.8 Å². The molecule has 7 heteroatoms. The van der Waals surface area contributed by atoms with Gasteiger partial charge in [0.2, 0.25) is 11.8 Å². The van der Waals surface area contributed by atoms with Crippen LogP contribution in [0.15, 0.2) is 18.2 Å². The third kappa shape index (κ3) is 4.60. The first-order valence-corrected chi connectivity index (χ1v) is 5.36. The maximum Gasteiger partial charge on any atom is 0.250 e. The number of hydrogen-bond acceptors (Lipinski definition) is 3. The third-order valence-electron chi connectivity index (χ3n) is 1.70. The monoisotopic (exact) mass is 276 g/mol. The van der Waals surface area contributed by atoms with Crippen molar-refractivity contribution in [3.8, 4) is 0 Å². The quantitative estimate of drug-likeness (QED) is 0.854. The number of nitrogens with two attached hydrogens (primary N) is 1. The van der Waals surface area contributed by atoms with E-state index in [1.807, 2.05) is 0 Å². The lowest BCUT2D eigenvalue weighted by atomic mass is 10.3. The van der Waals surface area contributed by atoms with Gasteiger partial charge in [-0.25, -0.2) is 0 Å². The second-order valence-electron chi connectivity index (χ2n) is 3.11. The Kier molecular flexibility index (Phi) is 5.21. The first-order chi connectivity index (χ1) is 8.00. The van der Waals surface area contributed by atoms with Crippen molar-refractivity contribution in [2.24, 2.45) is 5.73 Å². The van der Waals surface area contributed by atoms with Crippen molar-refractivity contribution in [1.29, 1.82) is 0 Å². The summed E-state index contributed by atoms with van der Waals surface area (Å²) in [5.41, 5.74) is 5.22. The number of anilines is 1. The molecule has 0 aliphatic rings. The van der Waals surface area contributed by atoms with Crippen LogP contribution in [0.2, 0.25) is 10.0 Å². The van der Waals surface area contributed by atoms with E-state index in [-0.39, 0.29) is 18.2 Å². The Labute approximate surface area is 108 Å². The maximum atomic E-state index is 11.4. The molecule has 3 N–H and O–H groups in total. The second kappa shape index (κ2) is 6.44. The molecule has 0 fully saturated rings. The van der Waals surface area contributed by atoms with Crippen molar-refractivity contribution in [1.82, 2.24) is 0 Å². The number of carbonyl (C=O) groups excluding carboxylic acids is 2. The number of ether oxygens (including phenoxy) is 1. The van der Waals surface area contributed by atoms with Crippen LogP contribution in [-0.4, -0.2) is 25.0 Å². The van der Waals surface area contributed by atoms with Crippen molar-refractivity contribution in [2.45, 2.75) is 0 Å². The summed E-state index contributed by atoms with van der Waals surface area (Å²) >= 11 is 11.6. The topological polar surface area (TPSA) is 81.4 Å². The molecule has 0 bridgehead atoms. The van der Waals surface area contributed by atoms with E-state index in [0.717, 1.165) is 0 Å². The standard InChI is InChI=1S/C10H10Cl2N2O3/c11-6-2-1-3-7(10(6)12)14-9(16)5-17-4-8(13)15/h1-3H,4-5H2,(H2,13,15)(H,14,16). The summed E-state index contributed by atoms with van der Waals surface area (Å²) in [6.45, 7) is -0.595. The van der Waals surface area contributed by atoms with E-state index in [1.165, 1.54) is 0 Å². The lowest BCUT2D eigenvalue weighted by Gasteiger charge is -2.07. The number of carbonyl (C=O) groups is 2. The molecule has 5 nitrogen and oxygen atoms in total. The van der Waals surface area contributed by atoms with Crippen LogP contribution in [-0.2, 0) is 14.3 Å². The molecule has 17 heavy (non-hydrogen) atoms. The average molecular weight is 277 g/mol. The Bertz CT molecular complexity index is 438. The number of hydrogen-bond donors (Lipinski definition) is 2. The lowest BCUT2D eigenvalue weighted by molar-refractivity contribution is -0.126. The molecule has 1 aromatic rings. The van der Waals surface area contributed by atoms with Gasteiger partial charge in [0.25, 0.3) is 0 Å². The number of amides is 2. The smallest absolute Gasteiger partial charge is 0.250 e. The van der Waals surface area contributed by atoms with Crippen LogP contribution in [0.5, 0.6) is 0 Å². The Morgan fingerprint density at radius 2 is 2.00 bits per heavy atom. The molecular weight excluding hydrogens is 267 g/mol. The molecular formula is C10H10Cl2N2O3. The van der Waals surface area contributed by atoms with Gasteiger partial charge in [0.15, 0.2) is 0 Å². The van der Waals surface area contributed by atoms with Crippen molar-refractivity contribution >= 4 is 40.7 Å². The maximum absolute atomic E-state index is 11.4. The van der Waals surface area contributed by atoms with Gasteiger partial charge in [-0.2, -0.15) is 0 Å². The highest BCUT2D eigenvalue weighted by atomic mass is 35.5. The van der Waals surface area contributed by atoms with Crippen LogP contribution in [0.4, 0.5) is 5.69 Å². The van der Waals surface area contributed by atoms with Crippen molar-refractivity contribution in [3.63, 3.8) is 0 Å². The molecule has 1 rings (SSSR count). The highest BCUT2D eigenvalue weighted by molar-refractivity contribution is 6.43. The van der Waals surface area contributed by atoms with E-state index in [2.05, 4.69) is 5.32 Å². The number of primary amides is 1. The highest BCUT2D eigenvalue weighted by Crippen LogP contribution is 2.29. The van der Waals surface area contributed by atoms with E-state index < -0.39 is 11.8 Å². The summed E-state index contributed by atoms with van der Waals surface area (Å²) in [6.07, 6.45) is 0. The normalized spacial score (nSPS) is 10.0. The number of rotatable bonds is 5. The number of benzene rings is 1. The molecule has 0 aliphatic carbocycles. The Morgan fingerprint density at radius 1 is 1.29 bits per heavy atom. The van der Waals surface area contributed by atoms with Crippen molar-refractivity contribution < 1.29 is 14.3 Å². The van der Waals surface area contributed by atoms with Crippen molar-refractivity contribution in [2.75, 3.05) is 18.5 Å². The van der Waals surface area contributed by atoms with Gasteiger partial charge in [-0.15, -0.1) is 0 Å². The largest absolute Gasteiger partial charge is 0.368 e. The van der Waals surface area contributed by atoms with Crippen LogP contribution in [0.3, 0.4) is 0 Å². The third-order valence-corrected chi connectivity index (χ3v) is 2.52. The average Bonchev–Trinajstić information content (AvgIpc) is 2.24. The van der Waals surface area contributed by atoms with Gasteiger partial charge in [0, 0.05) is 0 Å². The predicted octanol–water partition coefficient (Wildman–Crippen LogP) is 1.43. The molecule has 0 saturated carbocycles. The van der Waals surface area contributed by atoms with Crippen LogP contribution < -0.4 is 11.1 Å². The van der Waals surface area contributed by atoms with Crippen LogP contribution in [0.25, 0.3) is 0 Å². The zero-order valence-electron chi connectivity index (χ0n) is 8.70. The fraction of sp³-hybridized carbons (Fsp3) is 0.200. The predicted molar refractivity (Wildman–Crippen MR) is 65.1 cm³/mol. The molecule has 1 aromatic carbocycles. The number of nitrogens with one attached hydrogen (secondary N) is 1. The molecule has 2 amide bonds. The first-order valence-electron chi connectivity index (χ1n) is 4.60. The molecule has 0 unspecified atom stereocenters.